The Kier molecular flexibility index (Phi) is 5.76. The van der Waals surface area contributed by atoms with E-state index in [4.69, 9.17) is 4.74 Å². The van der Waals surface area contributed by atoms with Gasteiger partial charge in [0.1, 0.15) is 5.75 Å². The Morgan fingerprint density at radius 1 is 1.19 bits per heavy atom. The quantitative estimate of drug-likeness (QED) is 0.742. The van der Waals surface area contributed by atoms with Crippen LogP contribution in [0.4, 0.5) is 5.69 Å². The van der Waals surface area contributed by atoms with Gasteiger partial charge < -0.3 is 9.84 Å². The van der Waals surface area contributed by atoms with Crippen molar-refractivity contribution in [2.45, 2.75) is 11.8 Å². The maximum atomic E-state index is 12.9. The Morgan fingerprint density at radius 2 is 1.92 bits per heavy atom. The zero-order valence-corrected chi connectivity index (χ0v) is 16.6. The van der Waals surface area contributed by atoms with Crippen LogP contribution in [0.5, 0.6) is 5.75 Å². The number of hydrogen-bond donors (Lipinski definition) is 1. The van der Waals surface area contributed by atoms with Gasteiger partial charge in [-0.25, -0.2) is 8.42 Å². The summed E-state index contributed by atoms with van der Waals surface area (Å²) in [6.07, 6.45) is 1.51. The number of aromatic hydroxyl groups is 1. The van der Waals surface area contributed by atoms with E-state index in [-0.39, 0.29) is 10.6 Å². The maximum Gasteiger partial charge on any atom is 0.243 e. The van der Waals surface area contributed by atoms with Crippen molar-refractivity contribution in [2.75, 3.05) is 26.3 Å². The average molecular weight is 439 g/mol. The van der Waals surface area contributed by atoms with Gasteiger partial charge in [-0.2, -0.15) is 4.31 Å². The molecule has 0 amide bonds. The Bertz CT molecular complexity index is 938. The molecule has 1 aliphatic rings. The first-order chi connectivity index (χ1) is 12.4. The molecule has 26 heavy (non-hydrogen) atoms. The van der Waals surface area contributed by atoms with Crippen LogP contribution in [-0.2, 0) is 14.8 Å². The van der Waals surface area contributed by atoms with Gasteiger partial charge in [0.25, 0.3) is 0 Å². The lowest BCUT2D eigenvalue weighted by atomic mass is 10.2. The number of sulfonamides is 1. The molecule has 0 aliphatic carbocycles. The highest BCUT2D eigenvalue weighted by Crippen LogP contribution is 2.26. The molecular weight excluding hydrogens is 420 g/mol. The number of hydrogen-bond acceptors (Lipinski definition) is 5. The highest BCUT2D eigenvalue weighted by atomic mass is 79.9. The fraction of sp³-hybridized carbons (Fsp3) is 0.278. The second-order valence-corrected chi connectivity index (χ2v) is 8.75. The van der Waals surface area contributed by atoms with Crippen LogP contribution >= 0.6 is 15.9 Å². The van der Waals surface area contributed by atoms with Gasteiger partial charge in [-0.3, -0.25) is 4.99 Å². The van der Waals surface area contributed by atoms with Crippen molar-refractivity contribution in [3.05, 3.63) is 52.0 Å². The number of ether oxygens (including phenoxy) is 1. The molecule has 0 saturated carbocycles. The Balaban J connectivity index is 1.92. The molecule has 1 saturated heterocycles. The van der Waals surface area contributed by atoms with Crippen LogP contribution in [0.25, 0.3) is 0 Å². The summed E-state index contributed by atoms with van der Waals surface area (Å²) in [5.74, 6) is 0.102. The summed E-state index contributed by atoms with van der Waals surface area (Å²) >= 11 is 3.35. The largest absolute Gasteiger partial charge is 0.507 e. The fourth-order valence-corrected chi connectivity index (χ4v) is 4.68. The first kappa shape index (κ1) is 19.0. The summed E-state index contributed by atoms with van der Waals surface area (Å²) in [5, 5.41) is 9.88. The number of aryl methyl sites for hydroxylation is 1. The second kappa shape index (κ2) is 7.87. The molecule has 0 aromatic heterocycles. The zero-order valence-electron chi connectivity index (χ0n) is 14.2. The van der Waals surface area contributed by atoms with E-state index in [9.17, 15) is 13.5 Å². The molecule has 2 aromatic rings. The minimum atomic E-state index is -3.59. The maximum absolute atomic E-state index is 12.9. The van der Waals surface area contributed by atoms with Gasteiger partial charge in [-0.05, 0) is 42.8 Å². The molecule has 0 atom stereocenters. The van der Waals surface area contributed by atoms with E-state index >= 15 is 0 Å². The smallest absolute Gasteiger partial charge is 0.243 e. The van der Waals surface area contributed by atoms with Crippen LogP contribution < -0.4 is 0 Å². The van der Waals surface area contributed by atoms with Crippen molar-refractivity contribution >= 4 is 37.9 Å². The van der Waals surface area contributed by atoms with E-state index in [1.807, 2.05) is 0 Å². The van der Waals surface area contributed by atoms with Gasteiger partial charge in [0.05, 0.1) is 23.8 Å². The lowest BCUT2D eigenvalue weighted by Crippen LogP contribution is -2.40. The van der Waals surface area contributed by atoms with E-state index in [1.54, 1.807) is 43.3 Å². The second-order valence-electron chi connectivity index (χ2n) is 5.93. The Labute approximate surface area is 161 Å². The molecule has 0 radical (unpaired) electrons. The molecule has 1 aliphatic heterocycles. The molecule has 0 unspecified atom stereocenters. The van der Waals surface area contributed by atoms with Crippen LogP contribution in [0.1, 0.15) is 11.1 Å². The number of benzene rings is 2. The average Bonchev–Trinajstić information content (AvgIpc) is 2.64. The van der Waals surface area contributed by atoms with Crippen LogP contribution in [0, 0.1) is 6.92 Å². The van der Waals surface area contributed by atoms with Gasteiger partial charge >= 0.3 is 0 Å². The standard InChI is InChI=1S/C18H19BrN2O4S/c1-13-2-4-16(20-12-14-10-15(19)3-5-17(14)22)11-18(13)26(23,24)21-6-8-25-9-7-21/h2-5,10-12,22H,6-9H2,1H3. The van der Waals surface area contributed by atoms with Gasteiger partial charge in [-0.15, -0.1) is 0 Å². The number of morpholine rings is 1. The summed E-state index contributed by atoms with van der Waals surface area (Å²) in [5.41, 5.74) is 1.71. The fourth-order valence-electron chi connectivity index (χ4n) is 2.65. The number of aliphatic imine (C=N–C) groups is 1. The first-order valence-electron chi connectivity index (χ1n) is 8.09. The van der Waals surface area contributed by atoms with Gasteiger partial charge in [0.2, 0.25) is 10.0 Å². The summed E-state index contributed by atoms with van der Waals surface area (Å²) in [4.78, 5) is 4.57. The lowest BCUT2D eigenvalue weighted by Gasteiger charge is -2.26. The number of rotatable bonds is 4. The summed E-state index contributed by atoms with van der Waals surface area (Å²) in [6.45, 7) is 3.26. The van der Waals surface area contributed by atoms with Gasteiger partial charge in [0, 0.05) is 29.3 Å². The number of phenolic OH excluding ortho intramolecular Hbond substituents is 1. The molecule has 6 nitrogen and oxygen atoms in total. The minimum Gasteiger partial charge on any atom is -0.507 e. The number of nitrogens with zero attached hydrogens (tertiary/aromatic N) is 2. The van der Waals surface area contributed by atoms with E-state index in [0.717, 1.165) is 4.47 Å². The summed E-state index contributed by atoms with van der Waals surface area (Å²) in [6, 6.07) is 10.1. The molecule has 1 heterocycles. The van der Waals surface area contributed by atoms with Crippen molar-refractivity contribution < 1.29 is 18.3 Å². The van der Waals surface area contributed by atoms with Crippen LogP contribution in [0.2, 0.25) is 0 Å². The third kappa shape index (κ3) is 4.15. The summed E-state index contributed by atoms with van der Waals surface area (Å²) in [7, 11) is -3.59. The minimum absolute atomic E-state index is 0.102. The molecule has 0 spiro atoms. The molecule has 1 N–H and O–H groups in total. The zero-order chi connectivity index (χ0) is 18.7. The molecular formula is C18H19BrN2O4S. The normalized spacial score (nSPS) is 16.2. The van der Waals surface area contributed by atoms with Crippen molar-refractivity contribution in [1.29, 1.82) is 0 Å². The first-order valence-corrected chi connectivity index (χ1v) is 10.3. The third-order valence-corrected chi connectivity index (χ3v) is 6.64. The lowest BCUT2D eigenvalue weighted by molar-refractivity contribution is 0.0730. The monoisotopic (exact) mass is 438 g/mol. The van der Waals surface area contributed by atoms with Gasteiger partial charge in [0.15, 0.2) is 0 Å². The van der Waals surface area contributed by atoms with Crippen molar-refractivity contribution in [3.8, 4) is 5.75 Å². The molecule has 8 heteroatoms. The SMILES string of the molecule is Cc1ccc(N=Cc2cc(Br)ccc2O)cc1S(=O)(=O)N1CCOCC1. The van der Waals surface area contributed by atoms with Crippen LogP contribution in [0.3, 0.4) is 0 Å². The predicted molar refractivity (Wildman–Crippen MR) is 104 cm³/mol. The molecule has 138 valence electrons. The Hall–Kier alpha value is -1.74. The molecule has 3 rings (SSSR count). The predicted octanol–water partition coefficient (Wildman–Crippen LogP) is 3.23. The Morgan fingerprint density at radius 3 is 2.65 bits per heavy atom. The highest BCUT2D eigenvalue weighted by Gasteiger charge is 2.27. The topological polar surface area (TPSA) is 79.2 Å². The third-order valence-electron chi connectivity index (χ3n) is 4.10. The van der Waals surface area contributed by atoms with Gasteiger partial charge in [-0.1, -0.05) is 22.0 Å². The van der Waals surface area contributed by atoms with Crippen molar-refractivity contribution in [1.82, 2.24) is 4.31 Å². The van der Waals surface area contributed by atoms with Crippen molar-refractivity contribution in [2.24, 2.45) is 4.99 Å². The molecule has 1 fully saturated rings. The number of phenols is 1. The van der Waals surface area contributed by atoms with Crippen LogP contribution in [0.15, 0.2) is 50.8 Å². The summed E-state index contributed by atoms with van der Waals surface area (Å²) < 4.78 is 33.3. The van der Waals surface area contributed by atoms with E-state index < -0.39 is 10.0 Å². The molecule has 2 aromatic carbocycles. The van der Waals surface area contributed by atoms with Crippen LogP contribution in [-0.4, -0.2) is 50.3 Å². The van der Waals surface area contributed by atoms with E-state index in [2.05, 4.69) is 20.9 Å². The number of halogens is 1. The van der Waals surface area contributed by atoms with E-state index in [1.165, 1.54) is 10.5 Å². The molecule has 0 bridgehead atoms. The van der Waals surface area contributed by atoms with E-state index in [0.29, 0.717) is 43.1 Å². The van der Waals surface area contributed by atoms with Crippen molar-refractivity contribution in [3.63, 3.8) is 0 Å². The highest BCUT2D eigenvalue weighted by molar-refractivity contribution is 9.10.